The van der Waals surface area contributed by atoms with Gasteiger partial charge in [-0.05, 0) is 17.7 Å². The van der Waals surface area contributed by atoms with E-state index in [1.165, 1.54) is 6.20 Å². The van der Waals surface area contributed by atoms with Gasteiger partial charge in [-0.3, -0.25) is 9.48 Å². The molecule has 1 aromatic carbocycles. The number of aliphatic hydroxyl groups is 1. The smallest absolute Gasteiger partial charge is 0.319 e. The molecule has 9 heteroatoms. The fourth-order valence-corrected chi connectivity index (χ4v) is 2.01. The van der Waals surface area contributed by atoms with Crippen LogP contribution in [0.5, 0.6) is 0 Å². The summed E-state index contributed by atoms with van der Waals surface area (Å²) in [6, 6.07) is 6.88. The van der Waals surface area contributed by atoms with Gasteiger partial charge in [-0.2, -0.15) is 5.10 Å². The Morgan fingerprint density at radius 2 is 1.96 bits per heavy atom. The van der Waals surface area contributed by atoms with E-state index in [1.54, 1.807) is 23.0 Å². The topological polar surface area (TPSA) is 108 Å². The number of anilines is 1. The lowest BCUT2D eigenvalue weighted by Crippen LogP contribution is -2.39. The molecule has 8 nitrogen and oxygen atoms in total. The van der Waals surface area contributed by atoms with Crippen LogP contribution in [-0.4, -0.2) is 46.5 Å². The first-order valence-electron chi connectivity index (χ1n) is 7.26. The fraction of sp³-hybridized carbons (Fsp3) is 0.267. The van der Waals surface area contributed by atoms with Gasteiger partial charge in [0.1, 0.15) is 0 Å². The second-order valence-corrected chi connectivity index (χ2v) is 5.37. The van der Waals surface area contributed by atoms with Crippen molar-refractivity contribution in [2.45, 2.75) is 6.54 Å². The highest BCUT2D eigenvalue weighted by Gasteiger charge is 2.07. The molecular weight excluding hydrogens is 334 g/mol. The molecule has 0 aliphatic carbocycles. The molecule has 0 aliphatic rings. The summed E-state index contributed by atoms with van der Waals surface area (Å²) in [5.74, 6) is -0.377. The molecule has 2 aromatic rings. The van der Waals surface area contributed by atoms with Gasteiger partial charge < -0.3 is 21.1 Å². The molecule has 0 atom stereocenters. The number of nitrogens with zero attached hydrogens (tertiary/aromatic N) is 2. The second-order valence-electron chi connectivity index (χ2n) is 4.93. The van der Waals surface area contributed by atoms with E-state index in [1.807, 2.05) is 12.1 Å². The summed E-state index contributed by atoms with van der Waals surface area (Å²) in [4.78, 5) is 23.0. The van der Waals surface area contributed by atoms with E-state index < -0.39 is 6.03 Å². The van der Waals surface area contributed by atoms with E-state index in [0.717, 1.165) is 5.56 Å². The van der Waals surface area contributed by atoms with Crippen molar-refractivity contribution < 1.29 is 14.7 Å². The molecular formula is C15H18ClN5O3. The lowest BCUT2D eigenvalue weighted by molar-refractivity contribution is -0.120. The van der Waals surface area contributed by atoms with Crippen LogP contribution in [-0.2, 0) is 11.3 Å². The van der Waals surface area contributed by atoms with Crippen molar-refractivity contribution in [3.05, 3.63) is 47.2 Å². The number of hydrogen-bond acceptors (Lipinski definition) is 4. The van der Waals surface area contributed by atoms with Gasteiger partial charge in [0.25, 0.3) is 0 Å². The largest absolute Gasteiger partial charge is 0.395 e. The van der Waals surface area contributed by atoms with Crippen molar-refractivity contribution in [3.63, 3.8) is 0 Å². The number of benzene rings is 1. The molecule has 0 fully saturated rings. The molecule has 24 heavy (non-hydrogen) atoms. The third-order valence-electron chi connectivity index (χ3n) is 2.99. The van der Waals surface area contributed by atoms with Gasteiger partial charge in [0.2, 0.25) is 5.91 Å². The predicted molar refractivity (Wildman–Crippen MR) is 89.9 cm³/mol. The van der Waals surface area contributed by atoms with Crippen LogP contribution in [0.4, 0.5) is 10.5 Å². The van der Waals surface area contributed by atoms with Gasteiger partial charge in [-0.25, -0.2) is 4.79 Å². The molecule has 128 valence electrons. The minimum absolute atomic E-state index is 0.148. The summed E-state index contributed by atoms with van der Waals surface area (Å²) >= 11 is 5.84. The van der Waals surface area contributed by atoms with E-state index in [-0.39, 0.29) is 25.6 Å². The zero-order valence-corrected chi connectivity index (χ0v) is 13.6. The minimum Gasteiger partial charge on any atom is -0.395 e. The van der Waals surface area contributed by atoms with Crippen LogP contribution < -0.4 is 16.0 Å². The van der Waals surface area contributed by atoms with Gasteiger partial charge in [-0.1, -0.05) is 23.7 Å². The van der Waals surface area contributed by atoms with Gasteiger partial charge in [0, 0.05) is 17.8 Å². The lowest BCUT2D eigenvalue weighted by Gasteiger charge is -2.06. The Kier molecular flexibility index (Phi) is 6.59. The normalized spacial score (nSPS) is 10.2. The van der Waals surface area contributed by atoms with E-state index in [9.17, 15) is 9.59 Å². The number of carbonyl (C=O) groups excluding carboxylic acids is 2. The van der Waals surface area contributed by atoms with E-state index in [2.05, 4.69) is 21.0 Å². The fourth-order valence-electron chi connectivity index (χ4n) is 1.89. The average Bonchev–Trinajstić information content (AvgIpc) is 3.00. The third-order valence-corrected chi connectivity index (χ3v) is 3.24. The molecule has 0 bridgehead atoms. The summed E-state index contributed by atoms with van der Waals surface area (Å²) in [5, 5.41) is 20.8. The molecule has 0 saturated heterocycles. The first-order valence-corrected chi connectivity index (χ1v) is 7.64. The quantitative estimate of drug-likeness (QED) is 0.592. The van der Waals surface area contributed by atoms with Gasteiger partial charge in [-0.15, -0.1) is 0 Å². The van der Waals surface area contributed by atoms with Crippen LogP contribution in [0.25, 0.3) is 0 Å². The van der Waals surface area contributed by atoms with E-state index in [0.29, 0.717) is 17.3 Å². The van der Waals surface area contributed by atoms with Crippen LogP contribution in [0, 0.1) is 0 Å². The number of nitrogens with one attached hydrogen (secondary N) is 3. The number of carbonyl (C=O) groups is 2. The Bertz CT molecular complexity index is 687. The summed E-state index contributed by atoms with van der Waals surface area (Å²) < 4.78 is 1.67. The highest BCUT2D eigenvalue weighted by molar-refractivity contribution is 6.30. The summed E-state index contributed by atoms with van der Waals surface area (Å²) in [6.45, 7) is 0.374. The van der Waals surface area contributed by atoms with Crippen LogP contribution in [0.1, 0.15) is 5.56 Å². The Balaban J connectivity index is 1.79. The van der Waals surface area contributed by atoms with E-state index in [4.69, 9.17) is 16.7 Å². The van der Waals surface area contributed by atoms with Crippen molar-refractivity contribution in [1.82, 2.24) is 20.4 Å². The number of hydrogen-bond donors (Lipinski definition) is 4. The molecule has 2 rings (SSSR count). The molecule has 3 amide bonds. The van der Waals surface area contributed by atoms with Crippen LogP contribution in [0.2, 0.25) is 5.02 Å². The lowest BCUT2D eigenvalue weighted by atomic mass is 10.2. The van der Waals surface area contributed by atoms with Crippen molar-refractivity contribution in [2.24, 2.45) is 0 Å². The number of urea groups is 1. The van der Waals surface area contributed by atoms with Crippen molar-refractivity contribution in [2.75, 3.05) is 25.0 Å². The van der Waals surface area contributed by atoms with Crippen molar-refractivity contribution in [1.29, 1.82) is 0 Å². The predicted octanol–water partition coefficient (Wildman–Crippen LogP) is 0.815. The van der Waals surface area contributed by atoms with E-state index >= 15 is 0 Å². The zero-order chi connectivity index (χ0) is 17.4. The Hall–Kier alpha value is -2.58. The number of amides is 3. The maximum absolute atomic E-state index is 11.7. The van der Waals surface area contributed by atoms with Crippen molar-refractivity contribution >= 4 is 29.2 Å². The standard InChI is InChI=1S/C15H18ClN5O3/c16-12-3-1-11(2-4-12)9-21-10-13(7-19-21)20-15(24)18-8-14(23)17-5-6-22/h1-4,7,10,22H,5-6,8-9H2,(H,17,23)(H2,18,20,24). The highest BCUT2D eigenvalue weighted by atomic mass is 35.5. The monoisotopic (exact) mass is 351 g/mol. The SMILES string of the molecule is O=C(CNC(=O)Nc1cnn(Cc2ccc(Cl)cc2)c1)NCCO. The Morgan fingerprint density at radius 3 is 2.67 bits per heavy atom. The van der Waals surface area contributed by atoms with Gasteiger partial charge >= 0.3 is 6.03 Å². The molecule has 0 aliphatic heterocycles. The highest BCUT2D eigenvalue weighted by Crippen LogP contribution is 2.12. The summed E-state index contributed by atoms with van der Waals surface area (Å²) in [7, 11) is 0. The van der Waals surface area contributed by atoms with Crippen LogP contribution in [0.15, 0.2) is 36.7 Å². The molecule has 0 spiro atoms. The molecule has 0 unspecified atom stereocenters. The molecule has 0 radical (unpaired) electrons. The van der Waals surface area contributed by atoms with Crippen LogP contribution >= 0.6 is 11.6 Å². The maximum Gasteiger partial charge on any atom is 0.319 e. The molecule has 0 saturated carbocycles. The van der Waals surface area contributed by atoms with Gasteiger partial charge in [0.15, 0.2) is 0 Å². The summed E-state index contributed by atoms with van der Waals surface area (Å²) in [5.41, 5.74) is 1.54. The van der Waals surface area contributed by atoms with Crippen LogP contribution in [0.3, 0.4) is 0 Å². The van der Waals surface area contributed by atoms with Crippen molar-refractivity contribution in [3.8, 4) is 0 Å². The third kappa shape index (κ3) is 5.90. The molecule has 1 heterocycles. The first-order chi connectivity index (χ1) is 11.6. The Labute approximate surface area is 143 Å². The minimum atomic E-state index is -0.514. The first kappa shape index (κ1) is 17.8. The number of aliphatic hydroxyl groups excluding tert-OH is 1. The number of halogens is 1. The average molecular weight is 352 g/mol. The number of rotatable bonds is 7. The number of aromatic nitrogens is 2. The summed E-state index contributed by atoms with van der Waals surface area (Å²) in [6.07, 6.45) is 3.20. The molecule has 4 N–H and O–H groups in total. The zero-order valence-electron chi connectivity index (χ0n) is 12.8. The Morgan fingerprint density at radius 1 is 1.21 bits per heavy atom. The maximum atomic E-state index is 11.7. The van der Waals surface area contributed by atoms with Gasteiger partial charge in [0.05, 0.1) is 31.6 Å². The molecule has 1 aromatic heterocycles. The second kappa shape index (κ2) is 8.90.